The minimum atomic E-state index is -0.267. The molecule has 0 aliphatic carbocycles. The molecule has 0 bridgehead atoms. The lowest BCUT2D eigenvalue weighted by atomic mass is 10.00. The van der Waals surface area contributed by atoms with E-state index in [0.29, 0.717) is 42.7 Å². The fraction of sp³-hybridized carbons (Fsp3) is 0.152. The van der Waals surface area contributed by atoms with Crippen LogP contribution >= 0.6 is 0 Å². The summed E-state index contributed by atoms with van der Waals surface area (Å²) in [4.78, 5) is 48.4. The fourth-order valence-corrected chi connectivity index (χ4v) is 4.19. The van der Waals surface area contributed by atoms with Gasteiger partial charge in [-0.15, -0.1) is 0 Å². The van der Waals surface area contributed by atoms with Gasteiger partial charge in [-0.2, -0.15) is 0 Å². The third-order valence-electron chi connectivity index (χ3n) is 6.43. The van der Waals surface area contributed by atoms with Crippen molar-refractivity contribution in [2.24, 2.45) is 0 Å². The molecule has 40 heavy (non-hydrogen) atoms. The average Bonchev–Trinajstić information content (AvgIpc) is 2.99. The molecule has 0 spiro atoms. The molecule has 4 rings (SSSR count). The van der Waals surface area contributed by atoms with Crippen LogP contribution in [0.4, 0.5) is 0 Å². The van der Waals surface area contributed by atoms with Crippen molar-refractivity contribution in [2.45, 2.75) is 33.0 Å². The average molecular weight is 534 g/mol. The molecule has 0 fully saturated rings. The number of benzene rings is 4. The second-order valence-corrected chi connectivity index (χ2v) is 9.55. The first kappa shape index (κ1) is 28.0. The zero-order valence-electron chi connectivity index (χ0n) is 22.3. The zero-order valence-corrected chi connectivity index (χ0v) is 22.3. The number of carbonyl (C=O) groups excluding carboxylic acids is 4. The maximum atomic E-state index is 12.8. The van der Waals surface area contributed by atoms with Crippen molar-refractivity contribution in [3.63, 3.8) is 0 Å². The highest BCUT2D eigenvalue weighted by Crippen LogP contribution is 2.13. The number of amides is 3. The number of aryl methyl sites for hydroxylation is 1. The molecular weight excluding hydrogens is 502 g/mol. The second kappa shape index (κ2) is 13.7. The lowest BCUT2D eigenvalue weighted by Crippen LogP contribution is -2.23. The first-order valence-corrected chi connectivity index (χ1v) is 13.0. The second-order valence-electron chi connectivity index (χ2n) is 9.55. The number of carbonyl (C=O) groups is 4. The maximum Gasteiger partial charge on any atom is 0.251 e. The van der Waals surface area contributed by atoms with E-state index < -0.39 is 0 Å². The molecule has 0 atom stereocenters. The van der Waals surface area contributed by atoms with Crippen LogP contribution in [0.5, 0.6) is 0 Å². The van der Waals surface area contributed by atoms with Crippen LogP contribution in [0.1, 0.15) is 58.9 Å². The monoisotopic (exact) mass is 533 g/mol. The van der Waals surface area contributed by atoms with E-state index in [1.165, 1.54) is 0 Å². The SMILES string of the molecule is Cc1cccc(C(=O)NCc2ccc(CNC(=O)c3cccc(C(=O)Cc4ccc(CNC=O)cc4)c3)cc2)c1. The Labute approximate surface area is 233 Å². The number of ketones is 1. The van der Waals surface area contributed by atoms with E-state index in [0.717, 1.165) is 27.8 Å². The van der Waals surface area contributed by atoms with Crippen LogP contribution in [-0.4, -0.2) is 24.0 Å². The third-order valence-corrected chi connectivity index (χ3v) is 6.43. The van der Waals surface area contributed by atoms with Gasteiger partial charge < -0.3 is 16.0 Å². The smallest absolute Gasteiger partial charge is 0.251 e. The Balaban J connectivity index is 1.27. The van der Waals surface area contributed by atoms with Gasteiger partial charge in [-0.1, -0.05) is 78.4 Å². The lowest BCUT2D eigenvalue weighted by Gasteiger charge is -2.09. The first-order valence-electron chi connectivity index (χ1n) is 13.0. The molecule has 0 heterocycles. The molecule has 0 aromatic heterocycles. The predicted molar refractivity (Wildman–Crippen MR) is 154 cm³/mol. The van der Waals surface area contributed by atoms with Crippen LogP contribution in [0.3, 0.4) is 0 Å². The summed E-state index contributed by atoms with van der Waals surface area (Å²) in [6.45, 7) is 3.12. The molecule has 0 unspecified atom stereocenters. The highest BCUT2D eigenvalue weighted by Gasteiger charge is 2.12. The number of nitrogens with one attached hydrogen (secondary N) is 3. The first-order chi connectivity index (χ1) is 19.4. The van der Waals surface area contributed by atoms with E-state index in [4.69, 9.17) is 0 Å². The van der Waals surface area contributed by atoms with Gasteiger partial charge in [0, 0.05) is 42.7 Å². The molecule has 202 valence electrons. The molecule has 0 saturated carbocycles. The van der Waals surface area contributed by atoms with Crippen LogP contribution in [0.25, 0.3) is 0 Å². The molecule has 0 aliphatic heterocycles. The fourth-order valence-electron chi connectivity index (χ4n) is 4.19. The molecule has 7 heteroatoms. The molecule has 4 aromatic rings. The van der Waals surface area contributed by atoms with E-state index in [1.807, 2.05) is 73.7 Å². The Bertz CT molecular complexity index is 1500. The largest absolute Gasteiger partial charge is 0.355 e. The summed E-state index contributed by atoms with van der Waals surface area (Å²) in [5.74, 6) is -0.475. The minimum absolute atomic E-state index is 0.0847. The molecule has 4 aromatic carbocycles. The minimum Gasteiger partial charge on any atom is -0.355 e. The van der Waals surface area contributed by atoms with Crippen molar-refractivity contribution in [3.05, 3.63) is 142 Å². The van der Waals surface area contributed by atoms with E-state index >= 15 is 0 Å². The van der Waals surface area contributed by atoms with Gasteiger partial charge in [0.25, 0.3) is 11.8 Å². The quantitative estimate of drug-likeness (QED) is 0.184. The molecule has 0 saturated heterocycles. The summed E-state index contributed by atoms with van der Waals surface area (Å²) in [6, 6.07) is 29.3. The summed E-state index contributed by atoms with van der Waals surface area (Å²) < 4.78 is 0. The third kappa shape index (κ3) is 7.98. The van der Waals surface area contributed by atoms with E-state index in [2.05, 4.69) is 16.0 Å². The Morgan fingerprint density at radius 2 is 1.07 bits per heavy atom. The van der Waals surface area contributed by atoms with Crippen molar-refractivity contribution in [3.8, 4) is 0 Å². The van der Waals surface area contributed by atoms with Gasteiger partial charge in [0.1, 0.15) is 0 Å². The number of Topliss-reactive ketones (excluding diaryl/α,β-unsaturated/α-hetero) is 1. The maximum absolute atomic E-state index is 12.8. The zero-order chi connectivity index (χ0) is 28.3. The van der Waals surface area contributed by atoms with Crippen molar-refractivity contribution < 1.29 is 19.2 Å². The molecule has 0 aliphatic rings. The van der Waals surface area contributed by atoms with Crippen molar-refractivity contribution in [1.82, 2.24) is 16.0 Å². The molecule has 0 radical (unpaired) electrons. The predicted octanol–water partition coefficient (Wildman–Crippen LogP) is 4.53. The standard InChI is InChI=1S/C33H31N3O4/c1-23-4-2-6-29(16-23)32(39)35-20-26-12-14-27(15-13-26)21-36-33(40)30-7-3-5-28(18-30)31(38)17-24-8-10-25(11-9-24)19-34-22-37/h2-16,18,22H,17,19-21H2,1H3,(H,34,37)(H,35,39)(H,36,40). The van der Waals surface area contributed by atoms with Gasteiger partial charge in [-0.05, 0) is 53.4 Å². The van der Waals surface area contributed by atoms with E-state index in [1.54, 1.807) is 30.3 Å². The lowest BCUT2D eigenvalue weighted by molar-refractivity contribution is -0.109. The van der Waals surface area contributed by atoms with E-state index in [-0.39, 0.29) is 24.0 Å². The molecular formula is C33H31N3O4. The van der Waals surface area contributed by atoms with Crippen LogP contribution < -0.4 is 16.0 Å². The van der Waals surface area contributed by atoms with Gasteiger partial charge in [0.15, 0.2) is 5.78 Å². The highest BCUT2D eigenvalue weighted by molar-refractivity contribution is 6.01. The summed E-state index contributed by atoms with van der Waals surface area (Å²) in [6.07, 6.45) is 0.859. The summed E-state index contributed by atoms with van der Waals surface area (Å²) in [5.41, 5.74) is 6.21. The Kier molecular flexibility index (Phi) is 9.56. The van der Waals surface area contributed by atoms with E-state index in [9.17, 15) is 19.2 Å². The number of hydrogen-bond donors (Lipinski definition) is 3. The van der Waals surface area contributed by atoms with Crippen LogP contribution in [-0.2, 0) is 30.8 Å². The molecule has 3 N–H and O–H groups in total. The Morgan fingerprint density at radius 3 is 1.62 bits per heavy atom. The Hall–Kier alpha value is -5.04. The van der Waals surface area contributed by atoms with Gasteiger partial charge in [-0.3, -0.25) is 19.2 Å². The number of rotatable bonds is 12. The van der Waals surface area contributed by atoms with Gasteiger partial charge in [-0.25, -0.2) is 0 Å². The van der Waals surface area contributed by atoms with Gasteiger partial charge in [0.05, 0.1) is 0 Å². The Morgan fingerprint density at radius 1 is 0.600 bits per heavy atom. The summed E-state index contributed by atoms with van der Waals surface area (Å²) in [5, 5.41) is 8.43. The molecule has 7 nitrogen and oxygen atoms in total. The highest BCUT2D eigenvalue weighted by atomic mass is 16.2. The summed E-state index contributed by atoms with van der Waals surface area (Å²) >= 11 is 0. The van der Waals surface area contributed by atoms with Crippen molar-refractivity contribution in [2.75, 3.05) is 0 Å². The normalized spacial score (nSPS) is 10.4. The van der Waals surface area contributed by atoms with Crippen LogP contribution in [0, 0.1) is 6.92 Å². The van der Waals surface area contributed by atoms with Crippen molar-refractivity contribution >= 4 is 24.0 Å². The van der Waals surface area contributed by atoms with Crippen LogP contribution in [0.2, 0.25) is 0 Å². The topological polar surface area (TPSA) is 104 Å². The van der Waals surface area contributed by atoms with Gasteiger partial charge in [0.2, 0.25) is 6.41 Å². The summed E-state index contributed by atoms with van der Waals surface area (Å²) in [7, 11) is 0. The van der Waals surface area contributed by atoms with Crippen molar-refractivity contribution in [1.29, 1.82) is 0 Å². The van der Waals surface area contributed by atoms with Crippen LogP contribution in [0.15, 0.2) is 97.1 Å². The molecule has 3 amide bonds. The number of hydrogen-bond acceptors (Lipinski definition) is 4. The van der Waals surface area contributed by atoms with Gasteiger partial charge >= 0.3 is 0 Å².